The fraction of sp³-hybridized carbons (Fsp3) is 0.412. The van der Waals surface area contributed by atoms with E-state index in [0.29, 0.717) is 17.8 Å². The number of carbonyl (C=O) groups is 1. The van der Waals surface area contributed by atoms with Crippen molar-refractivity contribution in [1.82, 2.24) is 9.78 Å². The molecule has 24 heavy (non-hydrogen) atoms. The molecule has 7 heteroatoms. The molecule has 1 aromatic carbocycles. The van der Waals surface area contributed by atoms with Gasteiger partial charge in [0.25, 0.3) is 0 Å². The van der Waals surface area contributed by atoms with Crippen molar-refractivity contribution < 1.29 is 18.0 Å². The van der Waals surface area contributed by atoms with Gasteiger partial charge in [-0.3, -0.25) is 9.48 Å². The third-order valence-corrected chi connectivity index (χ3v) is 4.03. The molecule has 0 aliphatic carbocycles. The first-order chi connectivity index (χ1) is 11.1. The Labute approximate surface area is 138 Å². The molecule has 0 bridgehead atoms. The van der Waals surface area contributed by atoms with E-state index in [9.17, 15) is 18.0 Å². The topological polar surface area (TPSA) is 46.9 Å². The molecule has 0 radical (unpaired) electrons. The second-order valence-electron chi connectivity index (χ2n) is 5.97. The predicted molar refractivity (Wildman–Crippen MR) is 85.6 cm³/mol. The normalized spacial score (nSPS) is 13.0. The molecule has 0 aliphatic heterocycles. The summed E-state index contributed by atoms with van der Waals surface area (Å²) < 4.78 is 39.3. The molecule has 0 aliphatic rings. The van der Waals surface area contributed by atoms with E-state index >= 15 is 0 Å². The number of nitrogens with one attached hydrogen (secondary N) is 1. The Hall–Kier alpha value is -2.31. The molecule has 4 nitrogen and oxygen atoms in total. The van der Waals surface area contributed by atoms with Crippen molar-refractivity contribution >= 4 is 11.7 Å². The number of halogens is 3. The van der Waals surface area contributed by atoms with Gasteiger partial charge in [-0.2, -0.15) is 18.3 Å². The summed E-state index contributed by atoms with van der Waals surface area (Å²) in [6.45, 7) is 5.47. The molecule has 1 N–H and O–H groups in total. The molecule has 0 saturated heterocycles. The molecule has 1 aromatic heterocycles. The minimum atomic E-state index is -4.35. The van der Waals surface area contributed by atoms with E-state index in [1.165, 1.54) is 12.1 Å². The first-order valence-electron chi connectivity index (χ1n) is 7.56. The maximum Gasteiger partial charge on any atom is 0.416 e. The zero-order valence-electron chi connectivity index (χ0n) is 14.0. The summed E-state index contributed by atoms with van der Waals surface area (Å²) in [5.74, 6) is 0.0640. The minimum absolute atomic E-state index is 0.194. The SMILES string of the molecule is Cc1nn(C)c(NC(=O)[C@H](C)Cc2ccc(C(F)(F)F)cc2)c1C. The largest absolute Gasteiger partial charge is 0.416 e. The Morgan fingerprint density at radius 2 is 1.83 bits per heavy atom. The highest BCUT2D eigenvalue weighted by atomic mass is 19.4. The van der Waals surface area contributed by atoms with Gasteiger partial charge >= 0.3 is 6.18 Å². The summed E-state index contributed by atoms with van der Waals surface area (Å²) in [5, 5.41) is 7.07. The number of hydrogen-bond acceptors (Lipinski definition) is 2. The number of aryl methyl sites for hydroxylation is 2. The maximum absolute atomic E-state index is 12.6. The molecule has 0 saturated carbocycles. The lowest BCUT2D eigenvalue weighted by atomic mass is 9.99. The van der Waals surface area contributed by atoms with Gasteiger partial charge in [-0.05, 0) is 38.0 Å². The number of amides is 1. The monoisotopic (exact) mass is 339 g/mol. The number of rotatable bonds is 4. The van der Waals surface area contributed by atoms with Gasteiger partial charge in [0, 0.05) is 18.5 Å². The molecule has 0 unspecified atom stereocenters. The average Bonchev–Trinajstić information content (AvgIpc) is 2.73. The Morgan fingerprint density at radius 1 is 1.25 bits per heavy atom. The van der Waals surface area contributed by atoms with Crippen molar-refractivity contribution in [3.8, 4) is 0 Å². The Balaban J connectivity index is 2.04. The summed E-state index contributed by atoms with van der Waals surface area (Å²) in [5.41, 5.74) is 1.73. The van der Waals surface area contributed by atoms with Crippen LogP contribution >= 0.6 is 0 Å². The van der Waals surface area contributed by atoms with Crippen LogP contribution in [-0.4, -0.2) is 15.7 Å². The lowest BCUT2D eigenvalue weighted by Gasteiger charge is -2.14. The summed E-state index contributed by atoms with van der Waals surface area (Å²) in [4.78, 5) is 12.3. The van der Waals surface area contributed by atoms with Gasteiger partial charge in [-0.1, -0.05) is 19.1 Å². The van der Waals surface area contributed by atoms with E-state index in [1.807, 2.05) is 13.8 Å². The van der Waals surface area contributed by atoms with Crippen LogP contribution in [0.3, 0.4) is 0 Å². The van der Waals surface area contributed by atoms with E-state index in [4.69, 9.17) is 0 Å². The molecular weight excluding hydrogens is 319 g/mol. The van der Waals surface area contributed by atoms with Crippen LogP contribution in [0.15, 0.2) is 24.3 Å². The second-order valence-corrected chi connectivity index (χ2v) is 5.97. The van der Waals surface area contributed by atoms with Crippen LogP contribution in [0.4, 0.5) is 19.0 Å². The van der Waals surface area contributed by atoms with E-state index < -0.39 is 11.7 Å². The van der Waals surface area contributed by atoms with Crippen molar-refractivity contribution in [2.75, 3.05) is 5.32 Å². The summed E-state index contributed by atoms with van der Waals surface area (Å²) in [6, 6.07) is 4.89. The molecule has 1 atom stereocenters. The second kappa shape index (κ2) is 6.67. The Kier molecular flexibility index (Phi) is 5.01. The van der Waals surface area contributed by atoms with Crippen molar-refractivity contribution in [3.63, 3.8) is 0 Å². The number of anilines is 1. The number of carbonyl (C=O) groups excluding carboxylic acids is 1. The number of alkyl halides is 3. The van der Waals surface area contributed by atoms with Crippen LogP contribution in [0, 0.1) is 19.8 Å². The van der Waals surface area contributed by atoms with Crippen molar-refractivity contribution in [3.05, 3.63) is 46.6 Å². The van der Waals surface area contributed by atoms with Crippen LogP contribution in [-0.2, 0) is 24.4 Å². The van der Waals surface area contributed by atoms with Crippen LogP contribution in [0.5, 0.6) is 0 Å². The predicted octanol–water partition coefficient (Wildman–Crippen LogP) is 3.87. The highest BCUT2D eigenvalue weighted by Gasteiger charge is 2.30. The van der Waals surface area contributed by atoms with Gasteiger partial charge in [-0.25, -0.2) is 0 Å². The number of aromatic nitrogens is 2. The molecule has 130 valence electrons. The van der Waals surface area contributed by atoms with Crippen LogP contribution in [0.1, 0.15) is 29.3 Å². The molecule has 1 heterocycles. The van der Waals surface area contributed by atoms with Gasteiger partial charge in [0.05, 0.1) is 11.3 Å². The van der Waals surface area contributed by atoms with Crippen molar-refractivity contribution in [2.24, 2.45) is 13.0 Å². The average molecular weight is 339 g/mol. The van der Waals surface area contributed by atoms with Gasteiger partial charge in [-0.15, -0.1) is 0 Å². The highest BCUT2D eigenvalue weighted by Crippen LogP contribution is 2.29. The molecule has 0 fully saturated rings. The number of benzene rings is 1. The van der Waals surface area contributed by atoms with Crippen LogP contribution in [0.2, 0.25) is 0 Å². The van der Waals surface area contributed by atoms with Crippen molar-refractivity contribution in [1.29, 1.82) is 0 Å². The lowest BCUT2D eigenvalue weighted by molar-refractivity contribution is -0.137. The molecular formula is C17H20F3N3O. The fourth-order valence-corrected chi connectivity index (χ4v) is 2.45. The van der Waals surface area contributed by atoms with E-state index in [0.717, 1.165) is 23.4 Å². The van der Waals surface area contributed by atoms with Gasteiger partial charge in [0.2, 0.25) is 5.91 Å². The zero-order valence-corrected chi connectivity index (χ0v) is 14.0. The van der Waals surface area contributed by atoms with Gasteiger partial charge < -0.3 is 5.32 Å². The van der Waals surface area contributed by atoms with Crippen LogP contribution < -0.4 is 5.32 Å². The smallest absolute Gasteiger partial charge is 0.310 e. The fourth-order valence-electron chi connectivity index (χ4n) is 2.45. The molecule has 1 amide bonds. The summed E-state index contributed by atoms with van der Waals surface area (Å²) in [7, 11) is 1.75. The molecule has 2 aromatic rings. The third kappa shape index (κ3) is 3.96. The standard InChI is InChI=1S/C17H20F3N3O/c1-10(9-13-5-7-14(8-6-13)17(18,19)20)16(24)21-15-11(2)12(3)22-23(15)4/h5-8,10H,9H2,1-4H3,(H,21,24)/t10-/m1/s1. The summed E-state index contributed by atoms with van der Waals surface area (Å²) >= 11 is 0. The first kappa shape index (κ1) is 18.0. The third-order valence-electron chi connectivity index (χ3n) is 4.03. The Morgan fingerprint density at radius 3 is 2.29 bits per heavy atom. The maximum atomic E-state index is 12.6. The van der Waals surface area contributed by atoms with E-state index in [1.54, 1.807) is 18.7 Å². The van der Waals surface area contributed by atoms with Gasteiger partial charge in [0.15, 0.2) is 0 Å². The van der Waals surface area contributed by atoms with E-state index in [-0.39, 0.29) is 11.8 Å². The molecule has 2 rings (SSSR count). The first-order valence-corrected chi connectivity index (χ1v) is 7.56. The number of hydrogen-bond donors (Lipinski definition) is 1. The molecule has 0 spiro atoms. The number of nitrogens with zero attached hydrogens (tertiary/aromatic N) is 2. The zero-order chi connectivity index (χ0) is 18.1. The highest BCUT2D eigenvalue weighted by molar-refractivity contribution is 5.92. The van der Waals surface area contributed by atoms with Crippen LogP contribution in [0.25, 0.3) is 0 Å². The minimum Gasteiger partial charge on any atom is -0.310 e. The summed E-state index contributed by atoms with van der Waals surface area (Å²) in [6.07, 6.45) is -3.99. The lowest BCUT2D eigenvalue weighted by Crippen LogP contribution is -2.24. The Bertz CT molecular complexity index is 733. The van der Waals surface area contributed by atoms with E-state index in [2.05, 4.69) is 10.4 Å². The van der Waals surface area contributed by atoms with Crippen molar-refractivity contribution in [2.45, 2.75) is 33.4 Å². The van der Waals surface area contributed by atoms with Gasteiger partial charge in [0.1, 0.15) is 5.82 Å². The quantitative estimate of drug-likeness (QED) is 0.919.